The minimum Gasteiger partial charge on any atom is -0.366 e. The average Bonchev–Trinajstić information content (AvgIpc) is 2.77. The molecule has 0 spiro atoms. The Kier molecular flexibility index (Phi) is 2.11. The Morgan fingerprint density at radius 3 is 3.07 bits per heavy atom. The lowest BCUT2D eigenvalue weighted by Gasteiger charge is -2.02. The van der Waals surface area contributed by atoms with Gasteiger partial charge in [-0.2, -0.15) is 0 Å². The summed E-state index contributed by atoms with van der Waals surface area (Å²) in [5.41, 5.74) is 7.87. The normalized spacial score (nSPS) is 10.0. The van der Waals surface area contributed by atoms with Gasteiger partial charge < -0.3 is 5.73 Å². The topological polar surface area (TPSA) is 98.7 Å². The highest BCUT2D eigenvalue weighted by Gasteiger charge is 2.09. The Bertz CT molecular complexity index is 435. The zero-order valence-corrected chi connectivity index (χ0v) is 7.73. The van der Waals surface area contributed by atoms with Crippen LogP contribution in [0.1, 0.15) is 9.80 Å². The van der Waals surface area contributed by atoms with Gasteiger partial charge in [-0.15, -0.1) is 21.5 Å². The summed E-state index contributed by atoms with van der Waals surface area (Å²) in [5, 5.41) is 9.09. The van der Waals surface area contributed by atoms with Crippen LogP contribution < -0.4 is 11.2 Å². The molecular weight excluding hydrogens is 204 g/mol. The SMILES string of the molecule is Nc1nncn1NC(=O)c1nccs1. The molecule has 2 rings (SSSR count). The summed E-state index contributed by atoms with van der Waals surface area (Å²) in [7, 11) is 0. The van der Waals surface area contributed by atoms with Crippen molar-refractivity contribution in [2.75, 3.05) is 11.2 Å². The Morgan fingerprint density at radius 1 is 1.64 bits per heavy atom. The van der Waals surface area contributed by atoms with E-state index in [0.29, 0.717) is 5.01 Å². The highest BCUT2D eigenvalue weighted by Crippen LogP contribution is 2.04. The second kappa shape index (κ2) is 3.42. The van der Waals surface area contributed by atoms with Gasteiger partial charge in [-0.3, -0.25) is 10.2 Å². The molecule has 0 aliphatic rings. The third-order valence-electron chi connectivity index (χ3n) is 1.42. The summed E-state index contributed by atoms with van der Waals surface area (Å²) in [5.74, 6) is -0.221. The summed E-state index contributed by atoms with van der Waals surface area (Å²) in [6.07, 6.45) is 2.86. The Labute approximate surface area is 82.6 Å². The standard InChI is InChI=1S/C6H6N6OS/c7-6-10-9-3-12(6)11-4(13)5-8-1-2-14-5/h1-3H,(H2,7,10)(H,11,13). The van der Waals surface area contributed by atoms with Gasteiger partial charge in [-0.05, 0) is 0 Å². The van der Waals surface area contributed by atoms with Crippen LogP contribution in [0.5, 0.6) is 0 Å². The van der Waals surface area contributed by atoms with Gasteiger partial charge in [0.15, 0.2) is 5.01 Å². The smallest absolute Gasteiger partial charge is 0.299 e. The van der Waals surface area contributed by atoms with E-state index in [4.69, 9.17) is 5.73 Å². The number of amides is 1. The van der Waals surface area contributed by atoms with Gasteiger partial charge >= 0.3 is 0 Å². The third-order valence-corrected chi connectivity index (χ3v) is 2.19. The van der Waals surface area contributed by atoms with Crippen molar-refractivity contribution in [1.29, 1.82) is 0 Å². The van der Waals surface area contributed by atoms with Crippen LogP contribution >= 0.6 is 11.3 Å². The van der Waals surface area contributed by atoms with Gasteiger partial charge in [0.2, 0.25) is 5.95 Å². The minimum atomic E-state index is -0.341. The number of anilines is 1. The molecule has 0 aliphatic carbocycles. The molecule has 8 heteroatoms. The Balaban J connectivity index is 2.13. The molecule has 2 aromatic rings. The first-order valence-electron chi connectivity index (χ1n) is 3.63. The van der Waals surface area contributed by atoms with Gasteiger partial charge in [0, 0.05) is 11.6 Å². The largest absolute Gasteiger partial charge is 0.366 e. The van der Waals surface area contributed by atoms with E-state index in [2.05, 4.69) is 20.6 Å². The summed E-state index contributed by atoms with van der Waals surface area (Å²) in [4.78, 5) is 15.3. The lowest BCUT2D eigenvalue weighted by Crippen LogP contribution is -2.23. The number of carbonyl (C=O) groups is 1. The van der Waals surface area contributed by atoms with Gasteiger partial charge in [-0.1, -0.05) is 0 Å². The van der Waals surface area contributed by atoms with Gasteiger partial charge in [0.25, 0.3) is 5.91 Å². The van der Waals surface area contributed by atoms with Crippen molar-refractivity contribution in [2.45, 2.75) is 0 Å². The lowest BCUT2D eigenvalue weighted by atomic mass is 10.6. The van der Waals surface area contributed by atoms with Crippen molar-refractivity contribution in [1.82, 2.24) is 19.9 Å². The molecule has 2 heterocycles. The molecule has 3 N–H and O–H groups in total. The molecule has 0 saturated heterocycles. The number of hydrogen-bond donors (Lipinski definition) is 2. The van der Waals surface area contributed by atoms with Crippen molar-refractivity contribution >= 4 is 23.2 Å². The van der Waals surface area contributed by atoms with Crippen molar-refractivity contribution in [3.8, 4) is 0 Å². The van der Waals surface area contributed by atoms with Crippen LogP contribution in [0.15, 0.2) is 17.9 Å². The molecule has 0 fully saturated rings. The first-order chi connectivity index (χ1) is 6.77. The van der Waals surface area contributed by atoms with Crippen LogP contribution in [0.25, 0.3) is 0 Å². The monoisotopic (exact) mass is 210 g/mol. The molecule has 0 aromatic carbocycles. The molecule has 0 aliphatic heterocycles. The fraction of sp³-hybridized carbons (Fsp3) is 0. The maximum Gasteiger partial charge on any atom is 0.299 e. The molecule has 1 amide bonds. The Hall–Kier alpha value is -1.96. The predicted molar refractivity (Wildman–Crippen MR) is 50.2 cm³/mol. The van der Waals surface area contributed by atoms with E-state index in [-0.39, 0.29) is 11.9 Å². The zero-order valence-electron chi connectivity index (χ0n) is 6.91. The lowest BCUT2D eigenvalue weighted by molar-refractivity contribution is 0.101. The fourth-order valence-electron chi connectivity index (χ4n) is 0.823. The van der Waals surface area contributed by atoms with E-state index < -0.39 is 0 Å². The van der Waals surface area contributed by atoms with Crippen LogP contribution in [0.2, 0.25) is 0 Å². The highest BCUT2D eigenvalue weighted by atomic mass is 32.1. The minimum absolute atomic E-state index is 0.120. The van der Waals surface area contributed by atoms with Crippen LogP contribution in [0, 0.1) is 0 Å². The quantitative estimate of drug-likeness (QED) is 0.709. The molecule has 0 bridgehead atoms. The van der Waals surface area contributed by atoms with Crippen molar-refractivity contribution < 1.29 is 4.79 Å². The first kappa shape index (κ1) is 8.63. The van der Waals surface area contributed by atoms with E-state index in [1.165, 1.54) is 22.3 Å². The number of carbonyl (C=O) groups excluding carboxylic acids is 1. The van der Waals surface area contributed by atoms with Crippen molar-refractivity contribution in [3.63, 3.8) is 0 Å². The first-order valence-corrected chi connectivity index (χ1v) is 4.51. The number of hydrogen-bond acceptors (Lipinski definition) is 6. The number of rotatable bonds is 2. The van der Waals surface area contributed by atoms with Gasteiger partial charge in [-0.25, -0.2) is 9.66 Å². The number of thiazole rings is 1. The Morgan fingerprint density at radius 2 is 2.50 bits per heavy atom. The molecule has 14 heavy (non-hydrogen) atoms. The van der Waals surface area contributed by atoms with E-state index in [0.717, 1.165) is 0 Å². The molecule has 0 saturated carbocycles. The predicted octanol–water partition coefficient (Wildman–Crippen LogP) is -0.299. The number of nitrogen functional groups attached to an aromatic ring is 1. The van der Waals surface area contributed by atoms with Gasteiger partial charge in [0.1, 0.15) is 6.33 Å². The van der Waals surface area contributed by atoms with E-state index in [1.54, 1.807) is 11.6 Å². The average molecular weight is 210 g/mol. The zero-order chi connectivity index (χ0) is 9.97. The maximum absolute atomic E-state index is 11.4. The van der Waals surface area contributed by atoms with Crippen LogP contribution in [0.3, 0.4) is 0 Å². The van der Waals surface area contributed by atoms with E-state index >= 15 is 0 Å². The summed E-state index contributed by atoms with van der Waals surface area (Å²) in [6.45, 7) is 0. The molecular formula is C6H6N6OS. The summed E-state index contributed by atoms with van der Waals surface area (Å²) in [6, 6.07) is 0. The highest BCUT2D eigenvalue weighted by molar-refractivity contribution is 7.11. The molecule has 0 radical (unpaired) electrons. The molecule has 7 nitrogen and oxygen atoms in total. The number of nitrogens with one attached hydrogen (secondary N) is 1. The number of aromatic nitrogens is 4. The van der Waals surface area contributed by atoms with Crippen LogP contribution in [-0.4, -0.2) is 25.8 Å². The molecule has 2 aromatic heterocycles. The molecule has 0 atom stereocenters. The molecule has 72 valence electrons. The van der Waals surface area contributed by atoms with Crippen LogP contribution in [0.4, 0.5) is 5.95 Å². The van der Waals surface area contributed by atoms with Crippen molar-refractivity contribution in [2.24, 2.45) is 0 Å². The summed E-state index contributed by atoms with van der Waals surface area (Å²) >= 11 is 1.24. The number of nitrogens with zero attached hydrogens (tertiary/aromatic N) is 4. The fourth-order valence-corrected chi connectivity index (χ4v) is 1.35. The second-order valence-corrected chi connectivity index (χ2v) is 3.23. The number of nitrogens with two attached hydrogens (primary N) is 1. The second-order valence-electron chi connectivity index (χ2n) is 2.34. The third kappa shape index (κ3) is 1.55. The van der Waals surface area contributed by atoms with Gasteiger partial charge in [0.05, 0.1) is 0 Å². The maximum atomic E-state index is 11.4. The van der Waals surface area contributed by atoms with Crippen LogP contribution in [-0.2, 0) is 0 Å². The summed E-state index contributed by atoms with van der Waals surface area (Å²) < 4.78 is 1.23. The van der Waals surface area contributed by atoms with Crippen molar-refractivity contribution in [3.05, 3.63) is 22.9 Å². The van der Waals surface area contributed by atoms with E-state index in [1.807, 2.05) is 0 Å². The van der Waals surface area contributed by atoms with E-state index in [9.17, 15) is 4.79 Å². The molecule has 0 unspecified atom stereocenters.